The van der Waals surface area contributed by atoms with Crippen LogP contribution >= 0.6 is 0 Å². The SMILES string of the molecule is O=C(O)c1cc([N+](=O)[O-])ccc1NCCOCC1CC1. The molecule has 0 atom stereocenters. The highest BCUT2D eigenvalue weighted by Crippen LogP contribution is 2.28. The molecule has 0 saturated heterocycles. The number of ether oxygens (including phenoxy) is 1. The van der Waals surface area contributed by atoms with Crippen molar-refractivity contribution in [3.05, 3.63) is 33.9 Å². The van der Waals surface area contributed by atoms with Gasteiger partial charge in [-0.25, -0.2) is 4.79 Å². The number of nitro groups is 1. The molecule has 0 aliphatic heterocycles. The summed E-state index contributed by atoms with van der Waals surface area (Å²) in [5.41, 5.74) is 0.0115. The monoisotopic (exact) mass is 280 g/mol. The van der Waals surface area contributed by atoms with Gasteiger partial charge in [0.15, 0.2) is 0 Å². The van der Waals surface area contributed by atoms with E-state index in [1.807, 2.05) is 0 Å². The molecule has 7 nitrogen and oxygen atoms in total. The van der Waals surface area contributed by atoms with Gasteiger partial charge < -0.3 is 15.2 Å². The number of benzene rings is 1. The summed E-state index contributed by atoms with van der Waals surface area (Å²) in [7, 11) is 0. The fourth-order valence-corrected chi connectivity index (χ4v) is 1.77. The Kier molecular flexibility index (Phi) is 4.52. The summed E-state index contributed by atoms with van der Waals surface area (Å²) in [4.78, 5) is 21.1. The lowest BCUT2D eigenvalue weighted by Gasteiger charge is -2.09. The third kappa shape index (κ3) is 3.92. The van der Waals surface area contributed by atoms with Crippen molar-refractivity contribution < 1.29 is 19.6 Å². The molecule has 1 aliphatic carbocycles. The molecular weight excluding hydrogens is 264 g/mol. The van der Waals surface area contributed by atoms with Gasteiger partial charge in [-0.1, -0.05) is 0 Å². The van der Waals surface area contributed by atoms with Gasteiger partial charge in [-0.2, -0.15) is 0 Å². The first-order chi connectivity index (χ1) is 9.58. The quantitative estimate of drug-likeness (QED) is 0.429. The number of carboxylic acids is 1. The summed E-state index contributed by atoms with van der Waals surface area (Å²) < 4.78 is 5.42. The van der Waals surface area contributed by atoms with E-state index in [0.29, 0.717) is 24.8 Å². The van der Waals surface area contributed by atoms with Crippen molar-refractivity contribution in [3.63, 3.8) is 0 Å². The van der Waals surface area contributed by atoms with Crippen molar-refractivity contribution >= 4 is 17.3 Å². The van der Waals surface area contributed by atoms with Crippen molar-refractivity contribution in [1.29, 1.82) is 0 Å². The number of nitrogens with one attached hydrogen (secondary N) is 1. The molecule has 1 saturated carbocycles. The van der Waals surface area contributed by atoms with E-state index in [1.165, 1.54) is 25.0 Å². The van der Waals surface area contributed by atoms with E-state index < -0.39 is 10.9 Å². The summed E-state index contributed by atoms with van der Waals surface area (Å²) in [5.74, 6) is -0.515. The molecule has 0 radical (unpaired) electrons. The molecule has 0 heterocycles. The minimum absolute atomic E-state index is 0.110. The first-order valence-electron chi connectivity index (χ1n) is 6.41. The molecule has 7 heteroatoms. The molecule has 0 amide bonds. The van der Waals surface area contributed by atoms with Gasteiger partial charge in [-0.15, -0.1) is 0 Å². The van der Waals surface area contributed by atoms with Crippen molar-refractivity contribution in [2.24, 2.45) is 5.92 Å². The molecule has 1 aromatic carbocycles. The van der Waals surface area contributed by atoms with Crippen LogP contribution < -0.4 is 5.32 Å². The second kappa shape index (κ2) is 6.33. The second-order valence-corrected chi connectivity index (χ2v) is 4.74. The Morgan fingerprint density at radius 2 is 2.25 bits per heavy atom. The van der Waals surface area contributed by atoms with E-state index in [0.717, 1.165) is 12.7 Å². The number of hydrogen-bond acceptors (Lipinski definition) is 5. The Morgan fingerprint density at radius 1 is 1.50 bits per heavy atom. The van der Waals surface area contributed by atoms with E-state index in [9.17, 15) is 14.9 Å². The molecule has 0 unspecified atom stereocenters. The number of nitro benzene ring substituents is 1. The maximum atomic E-state index is 11.1. The van der Waals surface area contributed by atoms with Gasteiger partial charge in [0.2, 0.25) is 0 Å². The summed E-state index contributed by atoms with van der Waals surface area (Å²) in [5, 5.41) is 22.6. The number of anilines is 1. The Hall–Kier alpha value is -2.15. The maximum absolute atomic E-state index is 11.1. The van der Waals surface area contributed by atoms with E-state index in [4.69, 9.17) is 9.84 Å². The van der Waals surface area contributed by atoms with Crippen LogP contribution in [0.1, 0.15) is 23.2 Å². The molecule has 1 aromatic rings. The fourth-order valence-electron chi connectivity index (χ4n) is 1.77. The lowest BCUT2D eigenvalue weighted by Crippen LogP contribution is -2.13. The molecule has 2 N–H and O–H groups in total. The Morgan fingerprint density at radius 3 is 2.85 bits per heavy atom. The minimum Gasteiger partial charge on any atom is -0.478 e. The molecule has 0 aromatic heterocycles. The average molecular weight is 280 g/mol. The molecular formula is C13H16N2O5. The molecule has 0 bridgehead atoms. The molecule has 108 valence electrons. The van der Waals surface area contributed by atoms with Crippen LogP contribution in [0.5, 0.6) is 0 Å². The second-order valence-electron chi connectivity index (χ2n) is 4.74. The number of carbonyl (C=O) groups is 1. The van der Waals surface area contributed by atoms with Gasteiger partial charge >= 0.3 is 5.97 Å². The van der Waals surface area contributed by atoms with E-state index in [-0.39, 0.29) is 11.3 Å². The highest BCUT2D eigenvalue weighted by Gasteiger charge is 2.21. The molecule has 1 aliphatic rings. The van der Waals surface area contributed by atoms with Crippen molar-refractivity contribution in [1.82, 2.24) is 0 Å². The van der Waals surface area contributed by atoms with Gasteiger partial charge in [0.05, 0.1) is 17.1 Å². The van der Waals surface area contributed by atoms with Gasteiger partial charge in [0.25, 0.3) is 5.69 Å². The van der Waals surface area contributed by atoms with Crippen LogP contribution in [-0.2, 0) is 4.74 Å². The predicted molar refractivity (Wildman–Crippen MR) is 72.1 cm³/mol. The molecule has 2 rings (SSSR count). The van der Waals surface area contributed by atoms with E-state index in [2.05, 4.69) is 5.32 Å². The fraction of sp³-hybridized carbons (Fsp3) is 0.462. The molecule has 1 fully saturated rings. The number of carboxylic acid groups (broad SMARTS) is 1. The summed E-state index contributed by atoms with van der Waals surface area (Å²) >= 11 is 0. The smallest absolute Gasteiger partial charge is 0.338 e. The predicted octanol–water partition coefficient (Wildman–Crippen LogP) is 2.13. The van der Waals surface area contributed by atoms with Gasteiger partial charge in [0, 0.05) is 31.0 Å². The lowest BCUT2D eigenvalue weighted by atomic mass is 10.1. The summed E-state index contributed by atoms with van der Waals surface area (Å²) in [6.07, 6.45) is 2.44. The zero-order valence-electron chi connectivity index (χ0n) is 10.9. The van der Waals surface area contributed by atoms with Crippen molar-refractivity contribution in [2.75, 3.05) is 25.1 Å². The van der Waals surface area contributed by atoms with Crippen LogP contribution in [0.2, 0.25) is 0 Å². The lowest BCUT2D eigenvalue weighted by molar-refractivity contribution is -0.384. The highest BCUT2D eigenvalue weighted by molar-refractivity contribution is 5.95. The van der Waals surface area contributed by atoms with Crippen LogP contribution in [0, 0.1) is 16.0 Å². The zero-order chi connectivity index (χ0) is 14.5. The van der Waals surface area contributed by atoms with E-state index >= 15 is 0 Å². The Labute approximate surface area is 115 Å². The van der Waals surface area contributed by atoms with Gasteiger partial charge in [-0.05, 0) is 24.8 Å². The number of aromatic carboxylic acids is 1. The van der Waals surface area contributed by atoms with Gasteiger partial charge in [-0.3, -0.25) is 10.1 Å². The highest BCUT2D eigenvalue weighted by atomic mass is 16.6. The first kappa shape index (κ1) is 14.3. The van der Waals surface area contributed by atoms with Crippen LogP contribution in [0.15, 0.2) is 18.2 Å². The Bertz CT molecular complexity index is 513. The minimum atomic E-state index is -1.20. The largest absolute Gasteiger partial charge is 0.478 e. The third-order valence-electron chi connectivity index (χ3n) is 3.06. The number of nitrogens with zero attached hydrogens (tertiary/aromatic N) is 1. The normalized spacial score (nSPS) is 14.0. The summed E-state index contributed by atoms with van der Waals surface area (Å²) in [6.45, 7) is 1.69. The summed E-state index contributed by atoms with van der Waals surface area (Å²) in [6, 6.07) is 3.73. The maximum Gasteiger partial charge on any atom is 0.338 e. The number of hydrogen-bond donors (Lipinski definition) is 2. The first-order valence-corrected chi connectivity index (χ1v) is 6.41. The standard InChI is InChI=1S/C13H16N2O5/c16-13(17)11-7-10(15(18)19)3-4-12(11)14-5-6-20-8-9-1-2-9/h3-4,7,9,14H,1-2,5-6,8H2,(H,16,17). The topological polar surface area (TPSA) is 102 Å². The number of rotatable bonds is 8. The van der Waals surface area contributed by atoms with Crippen LogP contribution in [0.3, 0.4) is 0 Å². The average Bonchev–Trinajstić information content (AvgIpc) is 3.22. The van der Waals surface area contributed by atoms with E-state index in [1.54, 1.807) is 0 Å². The number of non-ortho nitro benzene ring substituents is 1. The van der Waals surface area contributed by atoms with Gasteiger partial charge in [0.1, 0.15) is 0 Å². The van der Waals surface area contributed by atoms with Crippen LogP contribution in [0.25, 0.3) is 0 Å². The molecule has 0 spiro atoms. The zero-order valence-corrected chi connectivity index (χ0v) is 10.9. The third-order valence-corrected chi connectivity index (χ3v) is 3.06. The van der Waals surface area contributed by atoms with Crippen molar-refractivity contribution in [3.8, 4) is 0 Å². The van der Waals surface area contributed by atoms with Crippen LogP contribution in [0.4, 0.5) is 11.4 Å². The van der Waals surface area contributed by atoms with Crippen LogP contribution in [-0.4, -0.2) is 35.8 Å². The van der Waals surface area contributed by atoms with Crippen molar-refractivity contribution in [2.45, 2.75) is 12.8 Å². The molecule has 20 heavy (non-hydrogen) atoms. The Balaban J connectivity index is 1.91.